The first-order chi connectivity index (χ1) is 12.8. The van der Waals surface area contributed by atoms with Gasteiger partial charge in [0.25, 0.3) is 0 Å². The highest BCUT2D eigenvalue weighted by Crippen LogP contribution is 2.47. The lowest BCUT2D eigenvalue weighted by molar-refractivity contribution is -0.122. The van der Waals surface area contributed by atoms with Crippen molar-refractivity contribution < 1.29 is 13.2 Å². The van der Waals surface area contributed by atoms with Crippen LogP contribution in [0.5, 0.6) is 0 Å². The van der Waals surface area contributed by atoms with Crippen molar-refractivity contribution in [2.45, 2.75) is 47.8 Å². The van der Waals surface area contributed by atoms with Crippen molar-refractivity contribution in [2.24, 2.45) is 0 Å². The minimum absolute atomic E-state index is 0.105. The van der Waals surface area contributed by atoms with Gasteiger partial charge >= 0.3 is 0 Å². The number of carbonyl (C=O) groups is 1. The third-order valence-corrected chi connectivity index (χ3v) is 8.16. The van der Waals surface area contributed by atoms with Gasteiger partial charge in [0.1, 0.15) is 0 Å². The molecule has 0 spiro atoms. The second-order valence-corrected chi connectivity index (χ2v) is 9.82. The Morgan fingerprint density at radius 1 is 1.15 bits per heavy atom. The lowest BCUT2D eigenvalue weighted by Gasteiger charge is -2.27. The molecule has 1 atom stereocenters. The Hall–Kier alpha value is -2.12. The van der Waals surface area contributed by atoms with Crippen molar-refractivity contribution in [3.05, 3.63) is 63.0 Å². The second kappa shape index (κ2) is 6.49. The van der Waals surface area contributed by atoms with Gasteiger partial charge in [0, 0.05) is 16.8 Å². The number of benzene rings is 1. The van der Waals surface area contributed by atoms with E-state index >= 15 is 0 Å². The maximum atomic E-state index is 13.0. The molecule has 1 aromatic heterocycles. The summed E-state index contributed by atoms with van der Waals surface area (Å²) >= 11 is 5.84. The summed E-state index contributed by atoms with van der Waals surface area (Å²) in [6.45, 7) is 0. The number of carbonyl (C=O) groups excluding carboxylic acids is 1. The molecule has 0 saturated heterocycles. The van der Waals surface area contributed by atoms with E-state index in [4.69, 9.17) is 11.6 Å². The third-order valence-electron chi connectivity index (χ3n) is 5.39. The number of nitrogens with one attached hydrogen (secondary N) is 2. The average Bonchev–Trinajstić information content (AvgIpc) is 3.44. The molecule has 0 radical (unpaired) electrons. The van der Waals surface area contributed by atoms with Crippen LogP contribution in [0.1, 0.15) is 43.0 Å². The predicted molar refractivity (Wildman–Crippen MR) is 101 cm³/mol. The van der Waals surface area contributed by atoms with E-state index in [2.05, 4.69) is 10.3 Å². The summed E-state index contributed by atoms with van der Waals surface area (Å²) < 4.78 is 24.7. The Morgan fingerprint density at radius 3 is 2.52 bits per heavy atom. The molecule has 2 N–H and O–H groups in total. The highest BCUT2D eigenvalue weighted by Gasteiger charge is 2.61. The molecule has 1 amide bonds. The largest absolute Gasteiger partial charge is 0.348 e. The molecule has 2 aliphatic rings. The van der Waals surface area contributed by atoms with Gasteiger partial charge < -0.3 is 10.3 Å². The van der Waals surface area contributed by atoms with Crippen LogP contribution in [0.3, 0.4) is 0 Å². The van der Waals surface area contributed by atoms with Gasteiger partial charge in [0.2, 0.25) is 11.5 Å². The van der Waals surface area contributed by atoms with Crippen LogP contribution in [0.15, 0.2) is 46.1 Å². The first-order valence-corrected chi connectivity index (χ1v) is 10.7. The number of aromatic nitrogens is 1. The zero-order valence-corrected chi connectivity index (χ0v) is 16.1. The number of pyridine rings is 1. The van der Waals surface area contributed by atoms with Gasteiger partial charge in [-0.05, 0) is 68.0 Å². The van der Waals surface area contributed by atoms with E-state index in [0.717, 1.165) is 24.1 Å². The quantitative estimate of drug-likeness (QED) is 0.815. The SMILES string of the molecule is O=C(NC1CCCc2[nH]c(=O)ccc21)C1(S(=O)(=O)c2ccc(Cl)cc2)CC1. The van der Waals surface area contributed by atoms with E-state index in [9.17, 15) is 18.0 Å². The Labute approximate surface area is 161 Å². The smallest absolute Gasteiger partial charge is 0.248 e. The van der Waals surface area contributed by atoms with Crippen LogP contribution >= 0.6 is 11.6 Å². The molecule has 1 saturated carbocycles. The summed E-state index contributed by atoms with van der Waals surface area (Å²) in [5.74, 6) is -0.471. The standard InChI is InChI=1S/C19H19ClN2O4S/c20-12-4-6-13(7-5-12)27(25,26)19(10-11-19)18(24)22-16-3-1-2-15-14(16)8-9-17(23)21-15/h4-9,16H,1-3,10-11H2,(H,21,23)(H,22,24). The highest BCUT2D eigenvalue weighted by molar-refractivity contribution is 7.94. The molecule has 142 valence electrons. The number of aromatic amines is 1. The van der Waals surface area contributed by atoms with Gasteiger partial charge in [0.15, 0.2) is 14.6 Å². The fourth-order valence-electron chi connectivity index (χ4n) is 3.71. The second-order valence-electron chi connectivity index (χ2n) is 7.13. The van der Waals surface area contributed by atoms with E-state index in [1.165, 1.54) is 30.3 Å². The molecule has 6 nitrogen and oxygen atoms in total. The van der Waals surface area contributed by atoms with Crippen LogP contribution in [0.25, 0.3) is 0 Å². The Morgan fingerprint density at radius 2 is 1.85 bits per heavy atom. The fraction of sp³-hybridized carbons (Fsp3) is 0.368. The molecule has 1 fully saturated rings. The van der Waals surface area contributed by atoms with E-state index in [0.29, 0.717) is 24.3 Å². The minimum Gasteiger partial charge on any atom is -0.348 e. The van der Waals surface area contributed by atoms with Gasteiger partial charge in [-0.25, -0.2) is 8.42 Å². The lowest BCUT2D eigenvalue weighted by atomic mass is 9.91. The molecule has 27 heavy (non-hydrogen) atoms. The number of hydrogen-bond donors (Lipinski definition) is 2. The van der Waals surface area contributed by atoms with E-state index in [1.54, 1.807) is 6.07 Å². The number of hydrogen-bond acceptors (Lipinski definition) is 4. The van der Waals surface area contributed by atoms with Crippen LogP contribution in [0.2, 0.25) is 5.02 Å². The van der Waals surface area contributed by atoms with Gasteiger partial charge in [-0.15, -0.1) is 0 Å². The lowest BCUT2D eigenvalue weighted by Crippen LogP contribution is -2.44. The number of aryl methyl sites for hydroxylation is 1. The molecule has 1 aromatic carbocycles. The molecule has 2 aromatic rings. The maximum absolute atomic E-state index is 13.0. The van der Waals surface area contributed by atoms with Gasteiger partial charge in [-0.2, -0.15) is 0 Å². The molecule has 8 heteroatoms. The molecule has 0 bridgehead atoms. The van der Waals surface area contributed by atoms with Crippen molar-refractivity contribution in [3.8, 4) is 0 Å². The van der Waals surface area contributed by atoms with Crippen molar-refractivity contribution in [2.75, 3.05) is 0 Å². The first-order valence-electron chi connectivity index (χ1n) is 8.87. The van der Waals surface area contributed by atoms with Crippen molar-refractivity contribution in [1.82, 2.24) is 10.3 Å². The maximum Gasteiger partial charge on any atom is 0.248 e. The number of H-pyrrole nitrogens is 1. The van der Waals surface area contributed by atoms with E-state index in [1.807, 2.05) is 0 Å². The zero-order chi connectivity index (χ0) is 19.2. The van der Waals surface area contributed by atoms with Crippen molar-refractivity contribution in [1.29, 1.82) is 0 Å². The molecular formula is C19H19ClN2O4S. The molecular weight excluding hydrogens is 388 g/mol. The zero-order valence-electron chi connectivity index (χ0n) is 14.5. The van der Waals surface area contributed by atoms with Crippen LogP contribution in [0.4, 0.5) is 0 Å². The normalized spacial score (nSPS) is 20.6. The van der Waals surface area contributed by atoms with Gasteiger partial charge in [0.05, 0.1) is 10.9 Å². The summed E-state index contributed by atoms with van der Waals surface area (Å²) in [7, 11) is -3.81. The molecule has 0 aliphatic heterocycles. The topological polar surface area (TPSA) is 96.1 Å². The Balaban J connectivity index is 1.61. The Bertz CT molecular complexity index is 1060. The fourth-order valence-corrected chi connectivity index (χ4v) is 5.72. The Kier molecular flexibility index (Phi) is 4.39. The summed E-state index contributed by atoms with van der Waals surface area (Å²) in [4.78, 5) is 27.4. The predicted octanol–water partition coefficient (Wildman–Crippen LogP) is 2.53. The van der Waals surface area contributed by atoms with Gasteiger partial charge in [-0.3, -0.25) is 9.59 Å². The highest BCUT2D eigenvalue weighted by atomic mass is 35.5. The molecule has 2 aliphatic carbocycles. The number of sulfone groups is 1. The van der Waals surface area contributed by atoms with E-state index < -0.39 is 20.5 Å². The number of fused-ring (bicyclic) bond motifs is 1. The summed E-state index contributed by atoms with van der Waals surface area (Å²) in [5.41, 5.74) is 1.49. The summed E-state index contributed by atoms with van der Waals surface area (Å²) in [6.07, 6.45) is 2.87. The van der Waals surface area contributed by atoms with Crippen LogP contribution in [-0.2, 0) is 21.1 Å². The molecule has 1 heterocycles. The number of rotatable bonds is 4. The van der Waals surface area contributed by atoms with Crippen LogP contribution in [-0.4, -0.2) is 24.1 Å². The van der Waals surface area contributed by atoms with Crippen LogP contribution < -0.4 is 10.9 Å². The third kappa shape index (κ3) is 3.08. The average molecular weight is 407 g/mol. The van der Waals surface area contributed by atoms with E-state index in [-0.39, 0.29) is 16.5 Å². The monoisotopic (exact) mass is 406 g/mol. The first kappa shape index (κ1) is 18.3. The number of halogens is 1. The number of amides is 1. The minimum atomic E-state index is -3.81. The molecule has 1 unspecified atom stereocenters. The molecule has 4 rings (SSSR count). The summed E-state index contributed by atoms with van der Waals surface area (Å²) in [5, 5.41) is 3.36. The summed E-state index contributed by atoms with van der Waals surface area (Å²) in [6, 6.07) is 8.74. The van der Waals surface area contributed by atoms with Crippen molar-refractivity contribution >= 4 is 27.3 Å². The van der Waals surface area contributed by atoms with Crippen LogP contribution in [0, 0.1) is 0 Å². The van der Waals surface area contributed by atoms with Crippen molar-refractivity contribution in [3.63, 3.8) is 0 Å². The van der Waals surface area contributed by atoms with Gasteiger partial charge in [-0.1, -0.05) is 11.6 Å².